The summed E-state index contributed by atoms with van der Waals surface area (Å²) in [5, 5.41) is 0. The maximum Gasteiger partial charge on any atom is 0.177 e. The molecule has 0 saturated heterocycles. The molecule has 0 aliphatic carbocycles. The summed E-state index contributed by atoms with van der Waals surface area (Å²) in [6.07, 6.45) is 2.97. The normalized spacial score (nSPS) is 18.8. The Morgan fingerprint density at radius 1 is 1.44 bits per heavy atom. The van der Waals surface area contributed by atoms with Crippen LogP contribution < -0.4 is 4.90 Å². The number of nitrogens with zero attached hydrogens (tertiary/aromatic N) is 2. The minimum Gasteiger partial charge on any atom is -0.347 e. The third-order valence-corrected chi connectivity index (χ3v) is 2.90. The van der Waals surface area contributed by atoms with E-state index in [0.717, 1.165) is 17.1 Å². The van der Waals surface area contributed by atoms with Crippen molar-refractivity contribution >= 4 is 5.69 Å². The number of aromatic amines is 1. The molecule has 1 aliphatic rings. The van der Waals surface area contributed by atoms with Crippen LogP contribution in [-0.2, 0) is 13.0 Å². The summed E-state index contributed by atoms with van der Waals surface area (Å²) in [6.45, 7) is 0.491. The van der Waals surface area contributed by atoms with Crippen LogP contribution in [0.2, 0.25) is 0 Å². The van der Waals surface area contributed by atoms with Gasteiger partial charge in [-0.25, -0.2) is 9.37 Å². The van der Waals surface area contributed by atoms with Crippen LogP contribution in [0.5, 0.6) is 0 Å². The quantitative estimate of drug-likeness (QED) is 0.782. The number of aromatic nitrogens is 2. The van der Waals surface area contributed by atoms with Gasteiger partial charge < -0.3 is 9.88 Å². The smallest absolute Gasteiger partial charge is 0.177 e. The second-order valence-electron chi connectivity index (χ2n) is 3.93. The van der Waals surface area contributed by atoms with Gasteiger partial charge in [-0.15, -0.1) is 0 Å². The monoisotopic (exact) mass is 217 g/mol. The number of hydrogen-bond donors (Lipinski definition) is 1. The highest BCUT2D eigenvalue weighted by molar-refractivity contribution is 5.58. The largest absolute Gasteiger partial charge is 0.347 e. The molecule has 1 aliphatic heterocycles. The fraction of sp³-hybridized carbons (Fsp3) is 0.250. The summed E-state index contributed by atoms with van der Waals surface area (Å²) in [6, 6.07) is 7.82. The number of rotatable bonds is 2. The Morgan fingerprint density at radius 3 is 3.12 bits per heavy atom. The van der Waals surface area contributed by atoms with Gasteiger partial charge in [-0.05, 0) is 11.6 Å². The van der Waals surface area contributed by atoms with Gasteiger partial charge in [-0.3, -0.25) is 0 Å². The molecule has 3 nitrogen and oxygen atoms in total. The Bertz CT molecular complexity index is 481. The average molecular weight is 217 g/mol. The number of nitrogens with one attached hydrogen (secondary N) is 1. The first-order valence-corrected chi connectivity index (χ1v) is 5.31. The minimum absolute atomic E-state index is 0.469. The van der Waals surface area contributed by atoms with Gasteiger partial charge in [0.15, 0.2) is 6.30 Å². The molecule has 1 N–H and O–H groups in total. The first-order valence-electron chi connectivity index (χ1n) is 5.31. The Kier molecular flexibility index (Phi) is 2.13. The SMILES string of the molecule is FC1Cc2ccccc2N1Cc1ncc[nH]1. The van der Waals surface area contributed by atoms with Crippen LogP contribution in [0, 0.1) is 0 Å². The lowest BCUT2D eigenvalue weighted by molar-refractivity contribution is 0.329. The second-order valence-corrected chi connectivity index (χ2v) is 3.93. The number of benzene rings is 1. The van der Waals surface area contributed by atoms with Crippen molar-refractivity contribution in [1.29, 1.82) is 0 Å². The van der Waals surface area contributed by atoms with Crippen LogP contribution >= 0.6 is 0 Å². The number of H-pyrrole nitrogens is 1. The number of para-hydroxylation sites is 1. The number of fused-ring (bicyclic) bond motifs is 1. The molecule has 1 aromatic carbocycles. The van der Waals surface area contributed by atoms with Crippen LogP contribution in [0.15, 0.2) is 36.7 Å². The number of alkyl halides is 1. The van der Waals surface area contributed by atoms with Gasteiger partial charge in [0.2, 0.25) is 0 Å². The molecule has 1 aromatic heterocycles. The Hall–Kier alpha value is -1.84. The lowest BCUT2D eigenvalue weighted by atomic mass is 10.2. The van der Waals surface area contributed by atoms with Gasteiger partial charge in [-0.2, -0.15) is 0 Å². The lowest BCUT2D eigenvalue weighted by Crippen LogP contribution is -2.28. The molecule has 16 heavy (non-hydrogen) atoms. The molecule has 2 aromatic rings. The minimum atomic E-state index is -0.942. The van der Waals surface area contributed by atoms with Crippen LogP contribution in [-0.4, -0.2) is 16.3 Å². The van der Waals surface area contributed by atoms with E-state index in [0.29, 0.717) is 13.0 Å². The molecule has 4 heteroatoms. The molecule has 0 saturated carbocycles. The van der Waals surface area contributed by atoms with Crippen molar-refractivity contribution in [3.05, 3.63) is 48.0 Å². The van der Waals surface area contributed by atoms with Crippen LogP contribution in [0.25, 0.3) is 0 Å². The van der Waals surface area contributed by atoms with Gasteiger partial charge in [-0.1, -0.05) is 18.2 Å². The molecule has 0 bridgehead atoms. The highest BCUT2D eigenvalue weighted by Crippen LogP contribution is 2.33. The van der Waals surface area contributed by atoms with Crippen molar-refractivity contribution in [3.63, 3.8) is 0 Å². The zero-order chi connectivity index (χ0) is 11.0. The van der Waals surface area contributed by atoms with Crippen LogP contribution in [0.4, 0.5) is 10.1 Å². The maximum absolute atomic E-state index is 13.9. The molecule has 3 rings (SSSR count). The number of imidazole rings is 1. The van der Waals surface area contributed by atoms with E-state index in [-0.39, 0.29) is 0 Å². The van der Waals surface area contributed by atoms with E-state index in [1.165, 1.54) is 0 Å². The predicted octanol–water partition coefficient (Wildman–Crippen LogP) is 2.27. The number of anilines is 1. The highest BCUT2D eigenvalue weighted by Gasteiger charge is 2.28. The first kappa shape index (κ1) is 9.39. The van der Waals surface area contributed by atoms with Gasteiger partial charge >= 0.3 is 0 Å². The Balaban J connectivity index is 1.90. The van der Waals surface area contributed by atoms with E-state index in [4.69, 9.17) is 0 Å². The molecule has 1 unspecified atom stereocenters. The summed E-state index contributed by atoms with van der Waals surface area (Å²) < 4.78 is 13.9. The first-order chi connectivity index (χ1) is 7.84. The average Bonchev–Trinajstić information content (AvgIpc) is 2.89. The number of halogens is 1. The van der Waals surface area contributed by atoms with Crippen LogP contribution in [0.1, 0.15) is 11.4 Å². The van der Waals surface area contributed by atoms with E-state index in [2.05, 4.69) is 9.97 Å². The fourth-order valence-electron chi connectivity index (χ4n) is 2.14. The zero-order valence-corrected chi connectivity index (χ0v) is 8.73. The molecule has 0 amide bonds. The van der Waals surface area contributed by atoms with Crippen molar-refractivity contribution in [1.82, 2.24) is 9.97 Å². The van der Waals surface area contributed by atoms with Gasteiger partial charge in [0.05, 0.1) is 6.54 Å². The molecule has 1 atom stereocenters. The summed E-state index contributed by atoms with van der Waals surface area (Å²) in [7, 11) is 0. The predicted molar refractivity (Wildman–Crippen MR) is 59.8 cm³/mol. The van der Waals surface area contributed by atoms with Crippen molar-refractivity contribution < 1.29 is 4.39 Å². The van der Waals surface area contributed by atoms with Crippen molar-refractivity contribution in [2.75, 3.05) is 4.90 Å². The molecule has 2 heterocycles. The lowest BCUT2D eigenvalue weighted by Gasteiger charge is -2.20. The Morgan fingerprint density at radius 2 is 2.31 bits per heavy atom. The van der Waals surface area contributed by atoms with Crippen molar-refractivity contribution in [3.8, 4) is 0 Å². The molecule has 0 radical (unpaired) electrons. The van der Waals surface area contributed by atoms with Crippen molar-refractivity contribution in [2.45, 2.75) is 19.3 Å². The molecule has 82 valence electrons. The third kappa shape index (κ3) is 1.46. The topological polar surface area (TPSA) is 31.9 Å². The highest BCUT2D eigenvalue weighted by atomic mass is 19.1. The second kappa shape index (κ2) is 3.63. The van der Waals surface area contributed by atoms with Gasteiger partial charge in [0, 0.05) is 24.5 Å². The van der Waals surface area contributed by atoms with Crippen LogP contribution in [0.3, 0.4) is 0 Å². The standard InChI is InChI=1S/C12H12FN3/c13-11-7-9-3-1-2-4-10(9)16(11)8-12-14-5-6-15-12/h1-6,11H,7-8H2,(H,14,15). The van der Waals surface area contributed by atoms with E-state index < -0.39 is 6.30 Å². The summed E-state index contributed by atoms with van der Waals surface area (Å²) >= 11 is 0. The Labute approximate surface area is 92.9 Å². The molecule has 0 fully saturated rings. The van der Waals surface area contributed by atoms with E-state index >= 15 is 0 Å². The summed E-state index contributed by atoms with van der Waals surface area (Å²) in [5.41, 5.74) is 2.05. The number of hydrogen-bond acceptors (Lipinski definition) is 2. The molecular formula is C12H12FN3. The van der Waals surface area contributed by atoms with Gasteiger partial charge in [0.25, 0.3) is 0 Å². The van der Waals surface area contributed by atoms with E-state index in [9.17, 15) is 4.39 Å². The summed E-state index contributed by atoms with van der Waals surface area (Å²) in [4.78, 5) is 8.86. The van der Waals surface area contributed by atoms with Crippen molar-refractivity contribution in [2.24, 2.45) is 0 Å². The van der Waals surface area contributed by atoms with E-state index in [1.807, 2.05) is 24.3 Å². The maximum atomic E-state index is 13.9. The van der Waals surface area contributed by atoms with Gasteiger partial charge in [0.1, 0.15) is 5.82 Å². The summed E-state index contributed by atoms with van der Waals surface area (Å²) in [5.74, 6) is 0.791. The molecular weight excluding hydrogens is 205 g/mol. The molecule has 0 spiro atoms. The zero-order valence-electron chi connectivity index (χ0n) is 8.73. The van der Waals surface area contributed by atoms with E-state index in [1.54, 1.807) is 17.3 Å². The third-order valence-electron chi connectivity index (χ3n) is 2.90. The fourth-order valence-corrected chi connectivity index (χ4v) is 2.14.